The van der Waals surface area contributed by atoms with Crippen molar-refractivity contribution in [2.45, 2.75) is 57.0 Å². The molecule has 0 fully saturated rings. The number of rotatable bonds is 5. The highest BCUT2D eigenvalue weighted by Gasteiger charge is 2.52. The Kier molecular flexibility index (Phi) is 7.12. The van der Waals surface area contributed by atoms with Gasteiger partial charge < -0.3 is 9.74 Å². The maximum Gasteiger partial charge on any atom is 0.471 e. The SMILES string of the molecule is CC(C)(C)[Si](O[C@H]1CC[C@@H](NC(=O)C(F)(F)F)c2cc(F)ccc21)(c1ccccc1)c1ccccc1. The van der Waals surface area contributed by atoms with Gasteiger partial charge in [-0.15, -0.1) is 0 Å². The van der Waals surface area contributed by atoms with Crippen molar-refractivity contribution in [2.75, 3.05) is 0 Å². The van der Waals surface area contributed by atoms with Crippen LogP contribution < -0.4 is 15.7 Å². The van der Waals surface area contributed by atoms with Crippen LogP contribution in [0, 0.1) is 5.82 Å². The van der Waals surface area contributed by atoms with Crippen molar-refractivity contribution in [1.82, 2.24) is 5.32 Å². The summed E-state index contributed by atoms with van der Waals surface area (Å²) in [6, 6.07) is 23.1. The van der Waals surface area contributed by atoms with Gasteiger partial charge in [0.25, 0.3) is 8.32 Å². The van der Waals surface area contributed by atoms with E-state index in [4.69, 9.17) is 4.43 Å². The molecule has 0 radical (unpaired) electrons. The molecular formula is C28H29F4NO2Si. The first-order valence-corrected chi connectivity index (χ1v) is 13.8. The minimum atomic E-state index is -5.02. The highest BCUT2D eigenvalue weighted by molar-refractivity contribution is 6.99. The summed E-state index contributed by atoms with van der Waals surface area (Å²) in [6.07, 6.45) is -4.92. The first-order chi connectivity index (χ1) is 16.9. The molecule has 0 saturated carbocycles. The summed E-state index contributed by atoms with van der Waals surface area (Å²) in [7, 11) is -2.96. The Morgan fingerprint density at radius 3 is 1.92 bits per heavy atom. The van der Waals surface area contributed by atoms with Gasteiger partial charge in [0.05, 0.1) is 12.1 Å². The van der Waals surface area contributed by atoms with Crippen molar-refractivity contribution in [2.24, 2.45) is 0 Å². The van der Waals surface area contributed by atoms with Gasteiger partial charge in [-0.3, -0.25) is 4.79 Å². The molecule has 4 rings (SSSR count). The van der Waals surface area contributed by atoms with Crippen LogP contribution in [0.4, 0.5) is 17.6 Å². The van der Waals surface area contributed by atoms with Gasteiger partial charge in [-0.1, -0.05) is 87.5 Å². The van der Waals surface area contributed by atoms with E-state index in [1.807, 2.05) is 41.7 Å². The number of hydrogen-bond donors (Lipinski definition) is 1. The third-order valence-corrected chi connectivity index (χ3v) is 11.8. The number of halogens is 4. The highest BCUT2D eigenvalue weighted by atomic mass is 28.4. The Bertz CT molecular complexity index is 1170. The molecule has 1 amide bonds. The Hall–Kier alpha value is -2.97. The number of hydrogen-bond acceptors (Lipinski definition) is 2. The Morgan fingerprint density at radius 1 is 0.861 bits per heavy atom. The second kappa shape index (κ2) is 9.82. The van der Waals surface area contributed by atoms with E-state index in [9.17, 15) is 22.4 Å². The predicted molar refractivity (Wildman–Crippen MR) is 134 cm³/mol. The minimum absolute atomic E-state index is 0.196. The van der Waals surface area contributed by atoms with Gasteiger partial charge >= 0.3 is 12.1 Å². The van der Waals surface area contributed by atoms with Crippen LogP contribution in [0.1, 0.15) is 56.9 Å². The quantitative estimate of drug-likeness (QED) is 0.337. The Balaban J connectivity index is 1.82. The number of carbonyl (C=O) groups is 1. The molecular weight excluding hydrogens is 486 g/mol. The molecule has 0 aromatic heterocycles. The first-order valence-electron chi connectivity index (χ1n) is 11.9. The summed E-state index contributed by atoms with van der Waals surface area (Å²) in [6.45, 7) is 6.42. The van der Waals surface area contributed by atoms with Crippen LogP contribution in [-0.2, 0) is 9.22 Å². The van der Waals surface area contributed by atoms with Gasteiger partial charge in [-0.05, 0) is 51.5 Å². The van der Waals surface area contributed by atoms with Crippen LogP contribution in [0.25, 0.3) is 0 Å². The number of alkyl halides is 3. The van der Waals surface area contributed by atoms with Crippen molar-refractivity contribution in [3.05, 3.63) is 95.8 Å². The lowest BCUT2D eigenvalue weighted by atomic mass is 9.85. The smallest absolute Gasteiger partial charge is 0.400 e. The molecule has 0 aliphatic heterocycles. The van der Waals surface area contributed by atoms with Crippen molar-refractivity contribution < 1.29 is 26.8 Å². The molecule has 2 atom stereocenters. The van der Waals surface area contributed by atoms with Crippen LogP contribution in [0.2, 0.25) is 5.04 Å². The second-order valence-electron chi connectivity index (χ2n) is 10.1. The fourth-order valence-electron chi connectivity index (χ4n) is 5.19. The summed E-state index contributed by atoms with van der Waals surface area (Å²) >= 11 is 0. The molecule has 3 aromatic rings. The van der Waals surface area contributed by atoms with Gasteiger partial charge in [0.1, 0.15) is 5.82 Å². The van der Waals surface area contributed by atoms with Crippen LogP contribution in [0.15, 0.2) is 78.9 Å². The van der Waals surface area contributed by atoms with E-state index in [0.29, 0.717) is 17.5 Å². The average molecular weight is 516 g/mol. The summed E-state index contributed by atoms with van der Waals surface area (Å²) in [5.74, 6) is -2.61. The van der Waals surface area contributed by atoms with E-state index in [2.05, 4.69) is 45.0 Å². The third-order valence-electron chi connectivity index (χ3n) is 6.79. The molecule has 1 aliphatic rings. The number of amides is 1. The maximum atomic E-state index is 14.3. The van der Waals surface area contributed by atoms with Crippen molar-refractivity contribution in [3.63, 3.8) is 0 Å². The van der Waals surface area contributed by atoms with Crippen LogP contribution in [0.3, 0.4) is 0 Å². The van der Waals surface area contributed by atoms with E-state index in [-0.39, 0.29) is 11.5 Å². The summed E-state index contributed by atoms with van der Waals surface area (Å²) in [4.78, 5) is 11.7. The van der Waals surface area contributed by atoms with Crippen LogP contribution >= 0.6 is 0 Å². The molecule has 8 heteroatoms. The molecule has 0 unspecified atom stereocenters. The Labute approximate surface area is 209 Å². The van der Waals surface area contributed by atoms with Crippen LogP contribution in [0.5, 0.6) is 0 Å². The van der Waals surface area contributed by atoms with Gasteiger partial charge in [0.15, 0.2) is 0 Å². The molecule has 1 aliphatic carbocycles. The largest absolute Gasteiger partial charge is 0.471 e. The molecule has 0 heterocycles. The average Bonchev–Trinajstić information content (AvgIpc) is 2.83. The van der Waals surface area contributed by atoms with Crippen molar-refractivity contribution in [1.29, 1.82) is 0 Å². The molecule has 3 nitrogen and oxygen atoms in total. The molecule has 36 heavy (non-hydrogen) atoms. The van der Waals surface area contributed by atoms with Crippen molar-refractivity contribution >= 4 is 24.6 Å². The third kappa shape index (κ3) is 4.97. The zero-order chi connectivity index (χ0) is 26.1. The van der Waals surface area contributed by atoms with Crippen molar-refractivity contribution in [3.8, 4) is 0 Å². The molecule has 0 spiro atoms. The maximum absolute atomic E-state index is 14.3. The molecule has 0 bridgehead atoms. The number of fused-ring (bicyclic) bond motifs is 1. The fourth-order valence-corrected chi connectivity index (χ4v) is 9.87. The number of nitrogens with one attached hydrogen (secondary N) is 1. The van der Waals surface area contributed by atoms with Gasteiger partial charge in [0, 0.05) is 0 Å². The minimum Gasteiger partial charge on any atom is -0.400 e. The predicted octanol–water partition coefficient (Wildman–Crippen LogP) is 5.96. The number of benzene rings is 3. The summed E-state index contributed by atoms with van der Waals surface area (Å²) in [5, 5.41) is 3.87. The highest BCUT2D eigenvalue weighted by Crippen LogP contribution is 2.45. The molecule has 190 valence electrons. The fraction of sp³-hybridized carbons (Fsp3) is 0.321. The van der Waals surface area contributed by atoms with Gasteiger partial charge in [-0.2, -0.15) is 13.2 Å². The standard InChI is InChI=1S/C28H29F4NO2Si/c1-27(2,3)36(20-10-6-4-7-11-20,21-12-8-5-9-13-21)35-25-17-16-24(33-26(34)28(30,31)32)23-18-19(29)14-15-22(23)25/h4-15,18,24-25H,16-17H2,1-3H3,(H,33,34)/t24-,25+/m1/s1. The first kappa shape index (κ1) is 26.1. The molecule has 3 aromatic carbocycles. The molecule has 0 saturated heterocycles. The van der Waals surface area contributed by atoms with E-state index >= 15 is 0 Å². The van der Waals surface area contributed by atoms with E-state index < -0.39 is 38.4 Å². The second-order valence-corrected chi connectivity index (χ2v) is 14.4. The lowest BCUT2D eigenvalue weighted by molar-refractivity contribution is -0.174. The lowest BCUT2D eigenvalue weighted by Gasteiger charge is -2.46. The summed E-state index contributed by atoms with van der Waals surface area (Å²) < 4.78 is 60.3. The number of carbonyl (C=O) groups excluding carboxylic acids is 1. The van der Waals surface area contributed by atoms with Gasteiger partial charge in [0.2, 0.25) is 0 Å². The van der Waals surface area contributed by atoms with Crippen LogP contribution in [-0.4, -0.2) is 20.4 Å². The van der Waals surface area contributed by atoms with E-state index in [0.717, 1.165) is 10.4 Å². The summed E-state index contributed by atoms with van der Waals surface area (Å²) in [5.41, 5.74) is 0.921. The molecule has 1 N–H and O–H groups in total. The van der Waals surface area contributed by atoms with E-state index in [1.165, 1.54) is 12.1 Å². The zero-order valence-electron chi connectivity index (χ0n) is 20.4. The Morgan fingerprint density at radius 2 is 1.42 bits per heavy atom. The monoisotopic (exact) mass is 515 g/mol. The lowest BCUT2D eigenvalue weighted by Crippen LogP contribution is -2.67. The zero-order valence-corrected chi connectivity index (χ0v) is 21.4. The van der Waals surface area contributed by atoms with E-state index in [1.54, 1.807) is 6.07 Å². The van der Waals surface area contributed by atoms with Gasteiger partial charge in [-0.25, -0.2) is 4.39 Å². The normalized spacial score (nSPS) is 18.4. The topological polar surface area (TPSA) is 38.3 Å².